The van der Waals surface area contributed by atoms with Gasteiger partial charge in [0.1, 0.15) is 17.2 Å². The van der Waals surface area contributed by atoms with Crippen molar-refractivity contribution in [2.75, 3.05) is 31.0 Å². The number of aryl methyl sites for hydroxylation is 1. The molecule has 1 heterocycles. The minimum atomic E-state index is -0.400. The number of methoxy groups -OCH3 is 2. The van der Waals surface area contributed by atoms with Gasteiger partial charge in [-0.15, -0.1) is 6.42 Å². The first-order chi connectivity index (χ1) is 16.4. The Hall–Kier alpha value is -4.25. The number of hydrogen-bond acceptors (Lipinski definition) is 7. The van der Waals surface area contributed by atoms with Crippen LogP contribution in [0, 0.1) is 36.3 Å². The minimum absolute atomic E-state index is 0.0969. The normalized spacial score (nSPS) is 10.3. The number of terminal acetylenes is 1. The fraction of sp³-hybridized carbons (Fsp3) is 0.269. The Balaban J connectivity index is 2.12. The summed E-state index contributed by atoms with van der Waals surface area (Å²) in [5, 5.41) is 15.3. The van der Waals surface area contributed by atoms with Crippen LogP contribution in [0.2, 0.25) is 0 Å². The van der Waals surface area contributed by atoms with Gasteiger partial charge in [0.15, 0.2) is 0 Å². The van der Waals surface area contributed by atoms with Crippen molar-refractivity contribution in [2.45, 2.75) is 26.9 Å². The third-order valence-corrected chi connectivity index (χ3v) is 5.55. The highest BCUT2D eigenvalue weighted by molar-refractivity contribution is 5.78. The zero-order valence-corrected chi connectivity index (χ0v) is 19.8. The van der Waals surface area contributed by atoms with E-state index >= 15 is 0 Å². The van der Waals surface area contributed by atoms with E-state index in [-0.39, 0.29) is 18.1 Å². The maximum atomic E-state index is 12.3. The van der Waals surface area contributed by atoms with E-state index in [4.69, 9.17) is 15.9 Å². The summed E-state index contributed by atoms with van der Waals surface area (Å²) in [6.45, 7) is 4.61. The molecule has 0 fully saturated rings. The molecule has 176 valence electrons. The van der Waals surface area contributed by atoms with Crippen LogP contribution in [0.3, 0.4) is 0 Å². The summed E-state index contributed by atoms with van der Waals surface area (Å²) in [6.07, 6.45) is 5.41. The summed E-state index contributed by atoms with van der Waals surface area (Å²) >= 11 is 0. The van der Waals surface area contributed by atoms with Gasteiger partial charge in [-0.05, 0) is 49.2 Å². The van der Waals surface area contributed by atoms with Gasteiger partial charge in [-0.3, -0.25) is 10.1 Å². The van der Waals surface area contributed by atoms with E-state index in [2.05, 4.69) is 16.2 Å². The van der Waals surface area contributed by atoms with Crippen LogP contribution >= 0.6 is 0 Å². The first-order valence-corrected chi connectivity index (χ1v) is 10.7. The quantitative estimate of drug-likeness (QED) is 0.262. The molecule has 8 heteroatoms. The van der Waals surface area contributed by atoms with E-state index in [1.165, 1.54) is 0 Å². The van der Waals surface area contributed by atoms with Crippen LogP contribution in [0.1, 0.15) is 22.4 Å². The Labute approximate surface area is 199 Å². The van der Waals surface area contributed by atoms with Gasteiger partial charge in [0.05, 0.1) is 25.7 Å². The summed E-state index contributed by atoms with van der Waals surface area (Å²) in [4.78, 5) is 18.4. The number of aromatic nitrogens is 1. The number of anilines is 2. The van der Waals surface area contributed by atoms with Crippen molar-refractivity contribution in [3.05, 3.63) is 81.0 Å². The van der Waals surface area contributed by atoms with Crippen molar-refractivity contribution in [1.82, 2.24) is 4.98 Å². The molecule has 0 unspecified atom stereocenters. The Bertz CT molecular complexity index is 1140. The molecule has 0 saturated carbocycles. The van der Waals surface area contributed by atoms with Crippen LogP contribution in [-0.2, 0) is 13.1 Å². The van der Waals surface area contributed by atoms with Crippen LogP contribution < -0.4 is 19.7 Å². The molecule has 0 aliphatic heterocycles. The molecule has 0 aliphatic rings. The highest BCUT2D eigenvalue weighted by atomic mass is 16.6. The highest BCUT2D eigenvalue weighted by Crippen LogP contribution is 2.39. The van der Waals surface area contributed by atoms with Crippen LogP contribution in [0.4, 0.5) is 17.2 Å². The zero-order valence-electron chi connectivity index (χ0n) is 19.8. The van der Waals surface area contributed by atoms with Gasteiger partial charge in [0.2, 0.25) is 5.82 Å². The zero-order chi connectivity index (χ0) is 24.7. The molecule has 8 nitrogen and oxygen atoms in total. The van der Waals surface area contributed by atoms with Crippen molar-refractivity contribution < 1.29 is 14.4 Å². The molecule has 0 spiro atoms. The topological polar surface area (TPSA) is 89.8 Å². The van der Waals surface area contributed by atoms with Gasteiger partial charge >= 0.3 is 5.69 Å². The SMILES string of the molecule is C#CCNc1c(C)c(C)nc(N(Cc2ccc(OC)cc2)Cc2ccc(OC)cc2)c1[N+](=O)[O-]. The molecule has 1 aromatic heterocycles. The number of ether oxygens (including phenoxy) is 2. The van der Waals surface area contributed by atoms with Crippen LogP contribution in [0.5, 0.6) is 11.5 Å². The second-order valence-corrected chi connectivity index (χ2v) is 7.74. The smallest absolute Gasteiger partial charge is 0.334 e. The lowest BCUT2D eigenvalue weighted by atomic mass is 10.1. The Kier molecular flexibility index (Phi) is 7.93. The van der Waals surface area contributed by atoms with E-state index < -0.39 is 4.92 Å². The summed E-state index contributed by atoms with van der Waals surface area (Å²) in [6, 6.07) is 15.2. The number of pyridine rings is 1. The van der Waals surface area contributed by atoms with Crippen molar-refractivity contribution in [1.29, 1.82) is 0 Å². The van der Waals surface area contributed by atoms with Crippen molar-refractivity contribution in [3.63, 3.8) is 0 Å². The molecule has 3 aromatic rings. The average Bonchev–Trinajstić information content (AvgIpc) is 2.85. The maximum Gasteiger partial charge on any atom is 0.334 e. The number of nitro groups is 1. The first kappa shape index (κ1) is 24.4. The van der Waals surface area contributed by atoms with E-state index in [0.717, 1.165) is 22.6 Å². The molecule has 0 amide bonds. The van der Waals surface area contributed by atoms with E-state index in [1.54, 1.807) is 21.1 Å². The molecule has 1 N–H and O–H groups in total. The summed E-state index contributed by atoms with van der Waals surface area (Å²) in [5.41, 5.74) is 3.60. The fourth-order valence-corrected chi connectivity index (χ4v) is 3.62. The van der Waals surface area contributed by atoms with Crippen molar-refractivity contribution in [2.24, 2.45) is 0 Å². The van der Waals surface area contributed by atoms with Gasteiger partial charge in [-0.1, -0.05) is 30.2 Å². The highest BCUT2D eigenvalue weighted by Gasteiger charge is 2.29. The monoisotopic (exact) mass is 460 g/mol. The number of nitrogens with one attached hydrogen (secondary N) is 1. The number of rotatable bonds is 10. The third-order valence-electron chi connectivity index (χ3n) is 5.55. The first-order valence-electron chi connectivity index (χ1n) is 10.7. The van der Waals surface area contributed by atoms with Crippen molar-refractivity contribution >= 4 is 17.2 Å². The molecule has 0 bridgehead atoms. The number of hydrogen-bond donors (Lipinski definition) is 1. The summed E-state index contributed by atoms with van der Waals surface area (Å²) in [5.74, 6) is 4.24. The lowest BCUT2D eigenvalue weighted by molar-refractivity contribution is -0.383. The van der Waals surface area contributed by atoms with E-state index in [0.29, 0.717) is 30.0 Å². The average molecular weight is 461 g/mol. The van der Waals surface area contributed by atoms with Gasteiger partial charge < -0.3 is 19.7 Å². The fourth-order valence-electron chi connectivity index (χ4n) is 3.62. The number of nitrogens with zero attached hydrogens (tertiary/aromatic N) is 3. The largest absolute Gasteiger partial charge is 0.497 e. The Morgan fingerprint density at radius 1 is 1.00 bits per heavy atom. The van der Waals surface area contributed by atoms with Gasteiger partial charge in [-0.25, -0.2) is 4.98 Å². The predicted octanol–water partition coefficient (Wildman–Crippen LogP) is 4.88. The molecule has 0 aliphatic carbocycles. The van der Waals surface area contributed by atoms with Gasteiger partial charge in [-0.2, -0.15) is 0 Å². The molecule has 0 radical (unpaired) electrons. The predicted molar refractivity (Wildman–Crippen MR) is 134 cm³/mol. The third kappa shape index (κ3) is 5.56. The Morgan fingerprint density at radius 2 is 1.50 bits per heavy atom. The molecular weight excluding hydrogens is 432 g/mol. The summed E-state index contributed by atoms with van der Waals surface area (Å²) in [7, 11) is 3.22. The lowest BCUT2D eigenvalue weighted by Gasteiger charge is -2.26. The molecule has 0 saturated heterocycles. The lowest BCUT2D eigenvalue weighted by Crippen LogP contribution is -2.25. The van der Waals surface area contributed by atoms with Crippen LogP contribution in [0.15, 0.2) is 48.5 Å². The van der Waals surface area contributed by atoms with Gasteiger partial charge in [0.25, 0.3) is 0 Å². The second-order valence-electron chi connectivity index (χ2n) is 7.74. The van der Waals surface area contributed by atoms with Crippen LogP contribution in [0.25, 0.3) is 0 Å². The maximum absolute atomic E-state index is 12.3. The molecule has 3 rings (SSSR count). The van der Waals surface area contributed by atoms with E-state index in [9.17, 15) is 10.1 Å². The van der Waals surface area contributed by atoms with Crippen molar-refractivity contribution in [3.8, 4) is 23.8 Å². The van der Waals surface area contributed by atoms with Crippen LogP contribution in [-0.4, -0.2) is 30.7 Å². The minimum Gasteiger partial charge on any atom is -0.497 e. The second kappa shape index (κ2) is 11.1. The molecular formula is C26H28N4O4. The molecule has 34 heavy (non-hydrogen) atoms. The summed E-state index contributed by atoms with van der Waals surface area (Å²) < 4.78 is 10.5. The van der Waals surface area contributed by atoms with E-state index in [1.807, 2.05) is 60.4 Å². The van der Waals surface area contributed by atoms with Gasteiger partial charge in [0, 0.05) is 24.3 Å². The molecule has 0 atom stereocenters. The molecule has 2 aromatic carbocycles. The standard InChI is InChI=1S/C26H28N4O4/c1-6-15-27-24-18(2)19(3)28-26(25(24)30(31)32)29(16-20-7-11-22(33-4)12-8-20)17-21-9-13-23(34-5)14-10-21/h1,7-14H,15-17H2,2-5H3,(H,27,28). The number of benzene rings is 2. The Morgan fingerprint density at radius 3 is 1.91 bits per heavy atom.